The number of carboxylic acid groups (broad SMARTS) is 2. The molecule has 0 aliphatic heterocycles. The minimum absolute atomic E-state index is 0.0280. The van der Waals surface area contributed by atoms with Crippen molar-refractivity contribution in [1.29, 1.82) is 0 Å². The zero-order chi connectivity index (χ0) is 45.5. The van der Waals surface area contributed by atoms with Crippen LogP contribution in [0, 0.1) is 11.8 Å². The number of primary amides is 1. The molecule has 0 fully saturated rings. The highest BCUT2D eigenvalue weighted by Gasteiger charge is 2.35. The fraction of sp³-hybridized carbons (Fsp3) is 0.615. The van der Waals surface area contributed by atoms with E-state index in [1.165, 1.54) is 0 Å². The molecule has 0 bridgehead atoms. The predicted molar refractivity (Wildman–Crippen MR) is 217 cm³/mol. The molecule has 0 spiro atoms. The molecule has 0 aliphatic rings. The van der Waals surface area contributed by atoms with Crippen molar-refractivity contribution < 1.29 is 58.5 Å². The van der Waals surface area contributed by atoms with E-state index in [9.17, 15) is 58.5 Å². The van der Waals surface area contributed by atoms with E-state index in [0.29, 0.717) is 18.4 Å². The number of carbonyl (C=O) groups is 9. The van der Waals surface area contributed by atoms with Crippen LogP contribution in [0.2, 0.25) is 0 Å². The third-order valence-electron chi connectivity index (χ3n) is 9.02. The summed E-state index contributed by atoms with van der Waals surface area (Å²) < 4.78 is 0. The maximum Gasteiger partial charge on any atom is 0.326 e. The Hall–Kier alpha value is -5.67. The lowest BCUT2D eigenvalue weighted by Crippen LogP contribution is -2.60. The number of hydrogen-bond donors (Lipinski definition) is 12. The van der Waals surface area contributed by atoms with Crippen molar-refractivity contribution in [3.05, 3.63) is 35.9 Å². The Balaban J connectivity index is 3.36. The maximum atomic E-state index is 13.9. The van der Waals surface area contributed by atoms with E-state index in [1.807, 2.05) is 0 Å². The lowest BCUT2D eigenvalue weighted by molar-refractivity contribution is -0.142. The number of rotatable bonds is 29. The van der Waals surface area contributed by atoms with Gasteiger partial charge < -0.3 is 64.4 Å². The average molecular weight is 850 g/mol. The van der Waals surface area contributed by atoms with Crippen LogP contribution in [-0.4, -0.2) is 124 Å². The van der Waals surface area contributed by atoms with Crippen molar-refractivity contribution in [2.75, 3.05) is 13.2 Å². The van der Waals surface area contributed by atoms with Crippen LogP contribution >= 0.6 is 0 Å². The molecule has 21 nitrogen and oxygen atoms in total. The van der Waals surface area contributed by atoms with Crippen LogP contribution in [-0.2, 0) is 49.6 Å². The summed E-state index contributed by atoms with van der Waals surface area (Å²) in [6, 6.07) is -1.43. The molecule has 0 aliphatic carbocycles. The topological polar surface area (TPSA) is 365 Å². The quantitative estimate of drug-likeness (QED) is 0.0371. The number of aliphatic hydroxyl groups is 1. The minimum Gasteiger partial charge on any atom is -0.481 e. The van der Waals surface area contributed by atoms with Crippen LogP contribution in [0.5, 0.6) is 0 Å². The number of carbonyl (C=O) groups excluding carboxylic acids is 7. The van der Waals surface area contributed by atoms with E-state index in [-0.39, 0.29) is 56.9 Å². The second-order valence-electron chi connectivity index (χ2n) is 15.3. The van der Waals surface area contributed by atoms with Crippen molar-refractivity contribution in [3.8, 4) is 0 Å². The van der Waals surface area contributed by atoms with Crippen molar-refractivity contribution in [2.24, 2.45) is 29.0 Å². The largest absolute Gasteiger partial charge is 0.481 e. The van der Waals surface area contributed by atoms with E-state index in [1.54, 1.807) is 58.0 Å². The summed E-state index contributed by atoms with van der Waals surface area (Å²) in [5, 5.41) is 43.8. The van der Waals surface area contributed by atoms with E-state index in [0.717, 1.165) is 0 Å². The Morgan fingerprint density at radius 2 is 1.07 bits per heavy atom. The summed E-state index contributed by atoms with van der Waals surface area (Å²) in [5.74, 6) is -9.49. The third-order valence-corrected chi connectivity index (χ3v) is 9.02. The van der Waals surface area contributed by atoms with Crippen LogP contribution in [0.25, 0.3) is 0 Å². The first-order valence-corrected chi connectivity index (χ1v) is 19.8. The van der Waals surface area contributed by atoms with Gasteiger partial charge in [0, 0.05) is 12.8 Å². The molecule has 60 heavy (non-hydrogen) atoms. The molecule has 0 saturated carbocycles. The molecular formula is C39H63N9O12. The number of carboxylic acids is 2. The molecule has 15 N–H and O–H groups in total. The molecule has 1 aromatic rings. The summed E-state index contributed by atoms with van der Waals surface area (Å²) in [6.45, 7) is 6.30. The summed E-state index contributed by atoms with van der Waals surface area (Å²) in [5.41, 5.74) is 17.1. The van der Waals surface area contributed by atoms with Crippen molar-refractivity contribution in [3.63, 3.8) is 0 Å². The molecule has 0 radical (unpaired) electrons. The molecule has 0 aromatic heterocycles. The van der Waals surface area contributed by atoms with Crippen molar-refractivity contribution in [2.45, 2.75) is 128 Å². The fourth-order valence-corrected chi connectivity index (χ4v) is 5.86. The minimum atomic E-state index is -1.79. The van der Waals surface area contributed by atoms with Crippen LogP contribution in [0.15, 0.2) is 30.3 Å². The standard InChI is InChI=1S/C39H63N9O12/c1-21(2)16-26(44-38(58)30(20-49)48-33(53)24(41)13-14-31(42)50)35(55)46-28(19-32(51)52)37(57)43-25(12-8-9-15-40)34(54)45-27(18-23-10-6-5-7-11-23)36(56)47-29(39(59)60)17-22(3)4/h5-7,10-11,21-22,24-30,49H,8-9,12-20,40-41H2,1-4H3,(H2,42,50)(H,43,57)(H,44,58)(H,45,54)(H,46,55)(H,47,56)(H,48,53)(H,51,52)(H,59,60)/t24-,25-,26-,27-,28-,29-,30-/m0/s1. The molecule has 21 heteroatoms. The van der Waals surface area contributed by atoms with Crippen LogP contribution in [0.4, 0.5) is 0 Å². The van der Waals surface area contributed by atoms with E-state index in [2.05, 4.69) is 31.9 Å². The molecule has 7 atom stereocenters. The number of nitrogens with one attached hydrogen (secondary N) is 6. The Kier molecular flexibility index (Phi) is 23.7. The Morgan fingerprint density at radius 3 is 1.60 bits per heavy atom. The summed E-state index contributed by atoms with van der Waals surface area (Å²) in [6.07, 6.45) is -0.614. The van der Waals surface area contributed by atoms with Gasteiger partial charge in [0.2, 0.25) is 41.4 Å². The molecule has 7 amide bonds. The number of amides is 7. The van der Waals surface area contributed by atoms with Gasteiger partial charge in [-0.25, -0.2) is 4.79 Å². The third kappa shape index (κ3) is 20.3. The van der Waals surface area contributed by atoms with E-state index >= 15 is 0 Å². The lowest BCUT2D eigenvalue weighted by atomic mass is 10.0. The van der Waals surface area contributed by atoms with Crippen LogP contribution in [0.1, 0.15) is 84.6 Å². The number of aliphatic hydroxyl groups excluding tert-OH is 1. The van der Waals surface area contributed by atoms with Gasteiger partial charge in [0.05, 0.1) is 19.1 Å². The molecule has 1 rings (SSSR count). The van der Waals surface area contributed by atoms with Gasteiger partial charge in [0.15, 0.2) is 0 Å². The Bertz CT molecular complexity index is 1610. The maximum absolute atomic E-state index is 13.9. The molecule has 1 aromatic carbocycles. The van der Waals surface area contributed by atoms with Gasteiger partial charge in [0.1, 0.15) is 36.3 Å². The van der Waals surface area contributed by atoms with Gasteiger partial charge in [-0.3, -0.25) is 38.4 Å². The van der Waals surface area contributed by atoms with Crippen molar-refractivity contribution >= 4 is 53.3 Å². The van der Waals surface area contributed by atoms with Gasteiger partial charge in [-0.2, -0.15) is 0 Å². The number of aliphatic carboxylic acids is 2. The van der Waals surface area contributed by atoms with Gasteiger partial charge in [-0.1, -0.05) is 58.0 Å². The number of unbranched alkanes of at least 4 members (excludes halogenated alkanes) is 1. The predicted octanol–water partition coefficient (Wildman–Crippen LogP) is -2.50. The summed E-state index contributed by atoms with van der Waals surface area (Å²) in [4.78, 5) is 115. The lowest BCUT2D eigenvalue weighted by Gasteiger charge is -2.27. The number of nitrogens with two attached hydrogens (primary N) is 3. The summed E-state index contributed by atoms with van der Waals surface area (Å²) in [7, 11) is 0. The highest BCUT2D eigenvalue weighted by molar-refractivity contribution is 5.98. The zero-order valence-corrected chi connectivity index (χ0v) is 34.6. The molecular weight excluding hydrogens is 786 g/mol. The van der Waals surface area contributed by atoms with Gasteiger partial charge in [-0.05, 0) is 62.5 Å². The smallest absolute Gasteiger partial charge is 0.326 e. The zero-order valence-electron chi connectivity index (χ0n) is 34.6. The first-order chi connectivity index (χ1) is 28.2. The average Bonchev–Trinajstić information content (AvgIpc) is 3.16. The fourth-order valence-electron chi connectivity index (χ4n) is 5.86. The molecule has 0 saturated heterocycles. The molecule has 336 valence electrons. The second kappa shape index (κ2) is 27.2. The first-order valence-electron chi connectivity index (χ1n) is 19.8. The second-order valence-corrected chi connectivity index (χ2v) is 15.3. The Labute approximate surface area is 349 Å². The number of benzene rings is 1. The van der Waals surface area contributed by atoms with Crippen LogP contribution < -0.4 is 49.1 Å². The van der Waals surface area contributed by atoms with Crippen molar-refractivity contribution in [1.82, 2.24) is 31.9 Å². The summed E-state index contributed by atoms with van der Waals surface area (Å²) >= 11 is 0. The first kappa shape index (κ1) is 52.3. The number of hydrogen-bond acceptors (Lipinski definition) is 12. The van der Waals surface area contributed by atoms with Gasteiger partial charge in [0.25, 0.3) is 0 Å². The van der Waals surface area contributed by atoms with Gasteiger partial charge in [-0.15, -0.1) is 0 Å². The van der Waals surface area contributed by atoms with Gasteiger partial charge >= 0.3 is 11.9 Å². The van der Waals surface area contributed by atoms with E-state index in [4.69, 9.17) is 17.2 Å². The monoisotopic (exact) mass is 849 g/mol. The molecule has 0 heterocycles. The highest BCUT2D eigenvalue weighted by atomic mass is 16.4. The highest BCUT2D eigenvalue weighted by Crippen LogP contribution is 2.11. The molecule has 0 unspecified atom stereocenters. The van der Waals surface area contributed by atoms with Crippen LogP contribution in [0.3, 0.4) is 0 Å². The van der Waals surface area contributed by atoms with E-state index < -0.39 is 109 Å². The Morgan fingerprint density at radius 1 is 0.600 bits per heavy atom. The SMILES string of the molecule is CC(C)C[C@H](NC(=O)[C@H](Cc1ccccc1)NC(=O)[C@H](CCCCN)NC(=O)[C@H](CC(=O)O)NC(=O)[C@H](CC(C)C)NC(=O)[C@H](CO)NC(=O)[C@@H](N)CCC(N)=O)C(=O)O. The normalized spacial score (nSPS) is 14.6.